The lowest BCUT2D eigenvalue weighted by atomic mass is 10.3. The van der Waals surface area contributed by atoms with Crippen LogP contribution < -0.4 is 5.32 Å². The van der Waals surface area contributed by atoms with Gasteiger partial charge >= 0.3 is 0 Å². The van der Waals surface area contributed by atoms with Crippen molar-refractivity contribution in [2.45, 2.75) is 18.6 Å². The molecule has 1 nitrogen and oxygen atoms in total. The van der Waals surface area contributed by atoms with Gasteiger partial charge in [-0.3, -0.25) is 5.32 Å². The van der Waals surface area contributed by atoms with Crippen LogP contribution in [0.3, 0.4) is 0 Å². The first kappa shape index (κ1) is 5.88. The second-order valence-electron chi connectivity index (χ2n) is 1.91. The quantitative estimate of drug-likeness (QED) is 0.474. The normalized spacial score (nSPS) is 35.6. The number of hydrogen-bond donors (Lipinski definition) is 1. The van der Waals surface area contributed by atoms with Crippen LogP contribution in [0.1, 0.15) is 6.42 Å². The van der Waals surface area contributed by atoms with Gasteiger partial charge in [0.2, 0.25) is 0 Å². The van der Waals surface area contributed by atoms with Crippen molar-refractivity contribution in [2.75, 3.05) is 6.54 Å². The maximum absolute atomic E-state index is 11.9. The van der Waals surface area contributed by atoms with Crippen LogP contribution in [0.2, 0.25) is 0 Å². The smallest absolute Gasteiger partial charge is 0.264 e. The molecule has 1 N–H and O–H groups in total. The minimum atomic E-state index is -2.82. The molecule has 0 bridgehead atoms. The predicted molar refractivity (Wildman–Crippen MR) is 22.5 cm³/mol. The van der Waals surface area contributed by atoms with E-state index in [1.54, 1.807) is 0 Å². The number of hydrogen-bond acceptors (Lipinski definition) is 1. The van der Waals surface area contributed by atoms with Crippen molar-refractivity contribution in [3.8, 4) is 0 Å². The summed E-state index contributed by atoms with van der Waals surface area (Å²) in [6.07, 6.45) is -2.18. The van der Waals surface area contributed by atoms with Gasteiger partial charge in [-0.2, -0.15) is 0 Å². The lowest BCUT2D eigenvalue weighted by Crippen LogP contribution is -2.19. The maximum atomic E-state index is 11.9. The van der Waals surface area contributed by atoms with Gasteiger partial charge in [-0.15, -0.1) is 0 Å². The van der Waals surface area contributed by atoms with Crippen LogP contribution in [0.15, 0.2) is 0 Å². The Hall–Kier alpha value is -0.250. The monoisotopic (exact) mass is 125 g/mol. The topological polar surface area (TPSA) is 12.0 Å². The highest BCUT2D eigenvalue weighted by atomic mass is 19.3. The molecule has 0 spiro atoms. The van der Waals surface area contributed by atoms with Gasteiger partial charge < -0.3 is 0 Å². The van der Waals surface area contributed by atoms with Gasteiger partial charge in [0.15, 0.2) is 6.30 Å². The molecule has 1 atom stereocenters. The zero-order chi connectivity index (χ0) is 6.20. The molecule has 0 aromatic heterocycles. The summed E-state index contributed by atoms with van der Waals surface area (Å²) in [5.41, 5.74) is 0. The highest BCUT2D eigenvalue weighted by Crippen LogP contribution is 2.25. The molecule has 1 heterocycles. The van der Waals surface area contributed by atoms with Crippen molar-refractivity contribution < 1.29 is 13.2 Å². The van der Waals surface area contributed by atoms with E-state index in [2.05, 4.69) is 0 Å². The third-order valence-corrected chi connectivity index (χ3v) is 1.06. The van der Waals surface area contributed by atoms with Gasteiger partial charge in [0.05, 0.1) is 13.0 Å². The lowest BCUT2D eigenvalue weighted by Gasteiger charge is -2.02. The molecule has 1 aliphatic rings. The van der Waals surface area contributed by atoms with Crippen LogP contribution in [-0.2, 0) is 0 Å². The average molecular weight is 125 g/mol. The number of rotatable bonds is 0. The van der Waals surface area contributed by atoms with Gasteiger partial charge in [0.25, 0.3) is 5.92 Å². The van der Waals surface area contributed by atoms with E-state index in [0.717, 1.165) is 0 Å². The molecule has 0 aliphatic carbocycles. The molecule has 8 heavy (non-hydrogen) atoms. The zero-order valence-corrected chi connectivity index (χ0v) is 4.13. The van der Waals surface area contributed by atoms with Crippen molar-refractivity contribution in [1.29, 1.82) is 0 Å². The third kappa shape index (κ3) is 1.12. The summed E-state index contributed by atoms with van der Waals surface area (Å²) in [6.45, 7) is -0.520. The van der Waals surface area contributed by atoms with Crippen molar-refractivity contribution in [2.24, 2.45) is 0 Å². The largest absolute Gasteiger partial charge is 0.282 e. The van der Waals surface area contributed by atoms with Gasteiger partial charge in [0.1, 0.15) is 0 Å². The second-order valence-corrected chi connectivity index (χ2v) is 1.91. The molecule has 0 radical (unpaired) electrons. The van der Waals surface area contributed by atoms with Crippen molar-refractivity contribution in [3.63, 3.8) is 0 Å². The van der Waals surface area contributed by atoms with E-state index in [-0.39, 0.29) is 0 Å². The fraction of sp³-hybridized carbons (Fsp3) is 1.00. The molecule has 1 rings (SSSR count). The molecule has 0 amide bonds. The summed E-state index contributed by atoms with van der Waals surface area (Å²) >= 11 is 0. The average Bonchev–Trinajstić information content (AvgIpc) is 1.82. The number of alkyl halides is 3. The standard InChI is InChI=1S/C4H6F3N/c5-3-1-4(6,7)2-8-3/h3,8H,1-2H2. The minimum Gasteiger partial charge on any atom is -0.282 e. The Kier molecular flexibility index (Phi) is 1.19. The third-order valence-electron chi connectivity index (χ3n) is 1.06. The molecule has 0 aromatic rings. The minimum absolute atomic E-state index is 0.520. The molecule has 4 heteroatoms. The maximum Gasteiger partial charge on any atom is 0.264 e. The van der Waals surface area contributed by atoms with Gasteiger partial charge in [-0.05, 0) is 0 Å². The summed E-state index contributed by atoms with van der Waals surface area (Å²) < 4.78 is 35.6. The van der Waals surface area contributed by atoms with E-state index < -0.39 is 25.2 Å². The van der Waals surface area contributed by atoms with Crippen LogP contribution in [-0.4, -0.2) is 18.8 Å². The van der Waals surface area contributed by atoms with Crippen molar-refractivity contribution in [1.82, 2.24) is 5.32 Å². The van der Waals surface area contributed by atoms with E-state index in [1.165, 1.54) is 0 Å². The van der Waals surface area contributed by atoms with E-state index in [0.29, 0.717) is 0 Å². The van der Waals surface area contributed by atoms with Gasteiger partial charge in [0, 0.05) is 0 Å². The van der Waals surface area contributed by atoms with Crippen LogP contribution in [0, 0.1) is 0 Å². The van der Waals surface area contributed by atoms with Crippen molar-refractivity contribution in [3.05, 3.63) is 0 Å². The van der Waals surface area contributed by atoms with E-state index in [4.69, 9.17) is 0 Å². The van der Waals surface area contributed by atoms with Crippen LogP contribution in [0.5, 0.6) is 0 Å². The van der Waals surface area contributed by atoms with Crippen LogP contribution in [0.4, 0.5) is 13.2 Å². The fourth-order valence-electron chi connectivity index (χ4n) is 0.667. The van der Waals surface area contributed by atoms with Crippen molar-refractivity contribution >= 4 is 0 Å². The Morgan fingerprint density at radius 3 is 2.25 bits per heavy atom. The first-order valence-corrected chi connectivity index (χ1v) is 2.35. The summed E-state index contributed by atoms with van der Waals surface area (Å²) in [4.78, 5) is 0. The number of nitrogens with one attached hydrogen (secondary N) is 1. The van der Waals surface area contributed by atoms with E-state index in [1.807, 2.05) is 5.32 Å². The Labute approximate surface area is 44.9 Å². The summed E-state index contributed by atoms with van der Waals surface area (Å²) in [5.74, 6) is -2.82. The molecule has 1 unspecified atom stereocenters. The molecular formula is C4H6F3N. The second kappa shape index (κ2) is 1.62. The van der Waals surface area contributed by atoms with E-state index in [9.17, 15) is 13.2 Å². The first-order valence-electron chi connectivity index (χ1n) is 2.35. The summed E-state index contributed by atoms with van der Waals surface area (Å²) in [5, 5.41) is 1.99. The lowest BCUT2D eigenvalue weighted by molar-refractivity contribution is 0.0160. The molecule has 0 saturated carbocycles. The predicted octanol–water partition coefficient (Wildman–Crippen LogP) is 0.911. The highest BCUT2D eigenvalue weighted by Gasteiger charge is 2.39. The molecule has 1 fully saturated rings. The zero-order valence-electron chi connectivity index (χ0n) is 4.13. The first-order chi connectivity index (χ1) is 3.60. The Balaban J connectivity index is 2.44. The van der Waals surface area contributed by atoms with E-state index >= 15 is 0 Å². The highest BCUT2D eigenvalue weighted by molar-refractivity contribution is 4.80. The van der Waals surface area contributed by atoms with Crippen LogP contribution >= 0.6 is 0 Å². The molecular weight excluding hydrogens is 119 g/mol. The Bertz CT molecular complexity index is 93.3. The summed E-state index contributed by atoms with van der Waals surface area (Å²) in [7, 11) is 0. The Morgan fingerprint density at radius 1 is 1.50 bits per heavy atom. The molecule has 48 valence electrons. The SMILES string of the molecule is FC1CC(F)(F)CN1. The summed E-state index contributed by atoms with van der Waals surface area (Å²) in [6, 6.07) is 0. The molecule has 1 aliphatic heterocycles. The molecule has 0 aromatic carbocycles. The van der Waals surface area contributed by atoms with Gasteiger partial charge in [-0.1, -0.05) is 0 Å². The number of halogens is 3. The van der Waals surface area contributed by atoms with Crippen LogP contribution in [0.25, 0.3) is 0 Å². The molecule has 1 saturated heterocycles. The van der Waals surface area contributed by atoms with Gasteiger partial charge in [-0.25, -0.2) is 13.2 Å². The Morgan fingerprint density at radius 2 is 2.12 bits per heavy atom. The fourth-order valence-corrected chi connectivity index (χ4v) is 0.667.